The molecule has 0 saturated carbocycles. The number of hydrogen-bond donors (Lipinski definition) is 2. The fourth-order valence-electron chi connectivity index (χ4n) is 2.22. The SMILES string of the molecule is CCNCc1cccc2c1ccn2CCC(C)O. The summed E-state index contributed by atoms with van der Waals surface area (Å²) in [7, 11) is 0. The molecule has 0 amide bonds. The molecule has 0 spiro atoms. The molecule has 1 aromatic carbocycles. The Balaban J connectivity index is 2.24. The number of fused-ring (bicyclic) bond motifs is 1. The quantitative estimate of drug-likeness (QED) is 0.822. The highest BCUT2D eigenvalue weighted by atomic mass is 16.3. The number of nitrogens with zero attached hydrogens (tertiary/aromatic N) is 1. The topological polar surface area (TPSA) is 37.2 Å². The number of hydrogen-bond acceptors (Lipinski definition) is 2. The van der Waals surface area contributed by atoms with Gasteiger partial charge in [0.2, 0.25) is 0 Å². The van der Waals surface area contributed by atoms with Crippen LogP contribution in [0.5, 0.6) is 0 Å². The number of aryl methyl sites for hydroxylation is 1. The van der Waals surface area contributed by atoms with Gasteiger partial charge in [0.05, 0.1) is 6.10 Å². The lowest BCUT2D eigenvalue weighted by Gasteiger charge is -2.09. The summed E-state index contributed by atoms with van der Waals surface area (Å²) < 4.78 is 2.22. The third-order valence-electron chi connectivity index (χ3n) is 3.26. The van der Waals surface area contributed by atoms with E-state index in [4.69, 9.17) is 0 Å². The predicted molar refractivity (Wildman–Crippen MR) is 75.6 cm³/mol. The normalized spacial score (nSPS) is 13.1. The molecule has 1 heterocycles. The molecule has 1 atom stereocenters. The number of benzene rings is 1. The van der Waals surface area contributed by atoms with Gasteiger partial charge in [-0.2, -0.15) is 0 Å². The average Bonchev–Trinajstić information content (AvgIpc) is 2.77. The van der Waals surface area contributed by atoms with Crippen LogP contribution in [-0.4, -0.2) is 22.3 Å². The van der Waals surface area contributed by atoms with Crippen LogP contribution in [0.25, 0.3) is 10.9 Å². The van der Waals surface area contributed by atoms with Gasteiger partial charge in [-0.05, 0) is 37.6 Å². The minimum absolute atomic E-state index is 0.243. The lowest BCUT2D eigenvalue weighted by Crippen LogP contribution is -2.11. The van der Waals surface area contributed by atoms with Gasteiger partial charge in [-0.25, -0.2) is 0 Å². The van der Waals surface area contributed by atoms with Crippen LogP contribution in [0.3, 0.4) is 0 Å². The molecule has 0 fully saturated rings. The highest BCUT2D eigenvalue weighted by molar-refractivity contribution is 5.83. The molecule has 1 aromatic heterocycles. The van der Waals surface area contributed by atoms with Crippen LogP contribution in [0.1, 0.15) is 25.8 Å². The van der Waals surface area contributed by atoms with Gasteiger partial charge in [0.15, 0.2) is 0 Å². The minimum Gasteiger partial charge on any atom is -0.393 e. The van der Waals surface area contributed by atoms with Gasteiger partial charge < -0.3 is 15.0 Å². The Hall–Kier alpha value is -1.32. The molecule has 0 aliphatic heterocycles. The summed E-state index contributed by atoms with van der Waals surface area (Å²) in [5.41, 5.74) is 2.59. The number of nitrogens with one attached hydrogen (secondary N) is 1. The van der Waals surface area contributed by atoms with E-state index < -0.39 is 0 Å². The van der Waals surface area contributed by atoms with E-state index in [1.807, 2.05) is 6.92 Å². The molecule has 0 bridgehead atoms. The lowest BCUT2D eigenvalue weighted by molar-refractivity contribution is 0.178. The molecule has 0 radical (unpaired) electrons. The Bertz CT molecular complexity index is 502. The van der Waals surface area contributed by atoms with Crippen molar-refractivity contribution in [3.63, 3.8) is 0 Å². The van der Waals surface area contributed by atoms with Crippen molar-refractivity contribution in [3.8, 4) is 0 Å². The Morgan fingerprint density at radius 2 is 2.17 bits per heavy atom. The summed E-state index contributed by atoms with van der Waals surface area (Å²) in [6.07, 6.45) is 2.66. The number of rotatable bonds is 6. The van der Waals surface area contributed by atoms with E-state index in [9.17, 15) is 5.11 Å². The number of aliphatic hydroxyl groups excluding tert-OH is 1. The van der Waals surface area contributed by atoms with Crippen molar-refractivity contribution < 1.29 is 5.11 Å². The van der Waals surface area contributed by atoms with Gasteiger partial charge in [-0.15, -0.1) is 0 Å². The molecular weight excluding hydrogens is 224 g/mol. The van der Waals surface area contributed by atoms with Crippen molar-refractivity contribution in [1.82, 2.24) is 9.88 Å². The first-order valence-electron chi connectivity index (χ1n) is 6.68. The van der Waals surface area contributed by atoms with Crippen LogP contribution in [0.2, 0.25) is 0 Å². The molecular formula is C15H22N2O. The lowest BCUT2D eigenvalue weighted by atomic mass is 10.1. The fourth-order valence-corrected chi connectivity index (χ4v) is 2.22. The summed E-state index contributed by atoms with van der Waals surface area (Å²) in [5.74, 6) is 0. The van der Waals surface area contributed by atoms with Crippen LogP contribution >= 0.6 is 0 Å². The Morgan fingerprint density at radius 3 is 2.89 bits per heavy atom. The smallest absolute Gasteiger partial charge is 0.0529 e. The van der Waals surface area contributed by atoms with Gasteiger partial charge in [-0.1, -0.05) is 19.1 Å². The third kappa shape index (κ3) is 2.92. The zero-order valence-electron chi connectivity index (χ0n) is 11.2. The van der Waals surface area contributed by atoms with Gasteiger partial charge in [0, 0.05) is 30.2 Å². The first kappa shape index (κ1) is 13.1. The second-order valence-electron chi connectivity index (χ2n) is 4.78. The van der Waals surface area contributed by atoms with Crippen molar-refractivity contribution in [2.24, 2.45) is 0 Å². The maximum absolute atomic E-state index is 9.37. The van der Waals surface area contributed by atoms with Crippen LogP contribution < -0.4 is 5.32 Å². The van der Waals surface area contributed by atoms with E-state index in [-0.39, 0.29) is 6.10 Å². The second-order valence-corrected chi connectivity index (χ2v) is 4.78. The Morgan fingerprint density at radius 1 is 1.33 bits per heavy atom. The summed E-state index contributed by atoms with van der Waals surface area (Å²) in [5, 5.41) is 14.0. The summed E-state index contributed by atoms with van der Waals surface area (Å²) in [4.78, 5) is 0. The van der Waals surface area contributed by atoms with Crippen LogP contribution in [0.15, 0.2) is 30.5 Å². The largest absolute Gasteiger partial charge is 0.393 e. The minimum atomic E-state index is -0.243. The first-order valence-corrected chi connectivity index (χ1v) is 6.68. The first-order chi connectivity index (χ1) is 8.72. The van der Waals surface area contributed by atoms with Crippen LogP contribution in [-0.2, 0) is 13.1 Å². The van der Waals surface area contributed by atoms with Gasteiger partial charge in [-0.3, -0.25) is 0 Å². The number of aliphatic hydroxyl groups is 1. The van der Waals surface area contributed by atoms with E-state index in [0.29, 0.717) is 0 Å². The maximum atomic E-state index is 9.37. The molecule has 1 unspecified atom stereocenters. The van der Waals surface area contributed by atoms with Crippen molar-refractivity contribution in [3.05, 3.63) is 36.0 Å². The molecule has 3 heteroatoms. The molecule has 98 valence electrons. The van der Waals surface area contributed by atoms with Gasteiger partial charge in [0.1, 0.15) is 0 Å². The second kappa shape index (κ2) is 6.03. The van der Waals surface area contributed by atoms with Gasteiger partial charge >= 0.3 is 0 Å². The predicted octanol–water partition coefficient (Wildman–Crippen LogP) is 2.52. The molecule has 2 N–H and O–H groups in total. The zero-order valence-corrected chi connectivity index (χ0v) is 11.2. The van der Waals surface area contributed by atoms with Crippen LogP contribution in [0.4, 0.5) is 0 Å². The fraction of sp³-hybridized carbons (Fsp3) is 0.467. The van der Waals surface area contributed by atoms with E-state index in [2.05, 4.69) is 47.3 Å². The van der Waals surface area contributed by atoms with Crippen molar-refractivity contribution in [1.29, 1.82) is 0 Å². The summed E-state index contributed by atoms with van der Waals surface area (Å²) >= 11 is 0. The van der Waals surface area contributed by atoms with E-state index >= 15 is 0 Å². The van der Waals surface area contributed by atoms with Crippen molar-refractivity contribution in [2.45, 2.75) is 39.5 Å². The highest BCUT2D eigenvalue weighted by Crippen LogP contribution is 2.20. The van der Waals surface area contributed by atoms with E-state index in [0.717, 1.165) is 26.1 Å². The third-order valence-corrected chi connectivity index (χ3v) is 3.26. The molecule has 18 heavy (non-hydrogen) atoms. The molecule has 0 aliphatic carbocycles. The van der Waals surface area contributed by atoms with E-state index in [1.54, 1.807) is 0 Å². The van der Waals surface area contributed by atoms with Crippen molar-refractivity contribution >= 4 is 10.9 Å². The summed E-state index contributed by atoms with van der Waals surface area (Å²) in [6.45, 7) is 6.72. The molecule has 2 rings (SSSR count). The van der Waals surface area contributed by atoms with Crippen molar-refractivity contribution in [2.75, 3.05) is 6.54 Å². The highest BCUT2D eigenvalue weighted by Gasteiger charge is 2.05. The average molecular weight is 246 g/mol. The van der Waals surface area contributed by atoms with Crippen LogP contribution in [0, 0.1) is 0 Å². The number of aromatic nitrogens is 1. The van der Waals surface area contributed by atoms with Gasteiger partial charge in [0.25, 0.3) is 0 Å². The zero-order chi connectivity index (χ0) is 13.0. The molecule has 0 aliphatic rings. The molecule has 0 saturated heterocycles. The van der Waals surface area contributed by atoms with E-state index in [1.165, 1.54) is 16.5 Å². The maximum Gasteiger partial charge on any atom is 0.0529 e. The Labute approximate surface area is 108 Å². The molecule has 2 aromatic rings. The monoisotopic (exact) mass is 246 g/mol. The Kier molecular flexibility index (Phi) is 4.39. The summed E-state index contributed by atoms with van der Waals surface area (Å²) in [6, 6.07) is 8.59. The molecule has 3 nitrogen and oxygen atoms in total. The standard InChI is InChI=1S/C15H22N2O/c1-3-16-11-13-5-4-6-15-14(13)8-10-17(15)9-7-12(2)18/h4-6,8,10,12,16,18H,3,7,9,11H2,1-2H3.